The highest BCUT2D eigenvalue weighted by Gasteiger charge is 2.79. The van der Waals surface area contributed by atoms with E-state index in [9.17, 15) is 35.1 Å². The summed E-state index contributed by atoms with van der Waals surface area (Å²) >= 11 is 3.75. The molecule has 0 saturated carbocycles. The van der Waals surface area contributed by atoms with Crippen molar-refractivity contribution in [2.75, 3.05) is 0 Å². The Hall–Kier alpha value is -0.270. The molecule has 0 atom stereocenters. The highest BCUT2D eigenvalue weighted by molar-refractivity contribution is 6.22. The second kappa shape index (κ2) is 4.78. The summed E-state index contributed by atoms with van der Waals surface area (Å²) in [5, 5.41) is -5.76. The first kappa shape index (κ1) is 16.7. The van der Waals surface area contributed by atoms with E-state index in [0.29, 0.717) is 0 Å². The molecule has 0 spiro atoms. The van der Waals surface area contributed by atoms with Crippen LogP contribution in [0.5, 0.6) is 0 Å². The van der Waals surface area contributed by atoms with E-state index in [-0.39, 0.29) is 6.42 Å². The maximum atomic E-state index is 12.8. The van der Waals surface area contributed by atoms with Crippen LogP contribution < -0.4 is 0 Å². The van der Waals surface area contributed by atoms with Gasteiger partial charge in [-0.25, -0.2) is 0 Å². The summed E-state index contributed by atoms with van der Waals surface area (Å²) in [7, 11) is 0. The van der Waals surface area contributed by atoms with Crippen LogP contribution in [-0.4, -0.2) is 23.1 Å². The van der Waals surface area contributed by atoms with Gasteiger partial charge in [0.1, 0.15) is 0 Å². The molecule has 0 aromatic carbocycles. The van der Waals surface area contributed by atoms with Gasteiger partial charge in [0.05, 0.1) is 0 Å². The summed E-state index contributed by atoms with van der Waals surface area (Å²) < 4.78 is 100. The minimum absolute atomic E-state index is 0.0223. The molecule has 0 rings (SSSR count). The van der Waals surface area contributed by atoms with Crippen LogP contribution in [0.15, 0.2) is 0 Å². The Morgan fingerprint density at radius 2 is 1.24 bits per heavy atom. The molecule has 0 heterocycles. The van der Waals surface area contributed by atoms with E-state index in [1.165, 1.54) is 6.92 Å². The van der Waals surface area contributed by atoms with Gasteiger partial charge in [-0.1, -0.05) is 13.3 Å². The van der Waals surface area contributed by atoms with Gasteiger partial charge < -0.3 is 0 Å². The zero-order chi connectivity index (χ0) is 14.1. The first-order valence-corrected chi connectivity index (χ1v) is 4.89. The first-order chi connectivity index (χ1) is 7.31. The van der Waals surface area contributed by atoms with Gasteiger partial charge in [-0.2, -0.15) is 35.1 Å². The number of halogens is 9. The van der Waals surface area contributed by atoms with Crippen molar-refractivity contribution in [3.05, 3.63) is 0 Å². The van der Waals surface area contributed by atoms with Gasteiger partial charge in [-0.05, 0) is 18.0 Å². The van der Waals surface area contributed by atoms with Crippen molar-refractivity contribution < 1.29 is 35.1 Å². The average molecular weight is 293 g/mol. The molecule has 0 aliphatic rings. The predicted octanol–water partition coefficient (Wildman–Crippen LogP) is 4.91. The molecule has 0 aromatic heterocycles. The molecule has 0 radical (unpaired) electrons. The number of rotatable bonds is 6. The zero-order valence-electron chi connectivity index (χ0n) is 8.52. The Morgan fingerprint density at radius 3 is 1.53 bits per heavy atom. The molecule has 0 aliphatic carbocycles. The van der Waals surface area contributed by atoms with Gasteiger partial charge >= 0.3 is 23.1 Å². The molecule has 9 heteroatoms. The van der Waals surface area contributed by atoms with Crippen LogP contribution in [0.25, 0.3) is 0 Å². The Labute approximate surface area is 96.9 Å². The number of hydrogen-bond acceptors (Lipinski definition) is 0. The lowest BCUT2D eigenvalue weighted by atomic mass is 9.99. The van der Waals surface area contributed by atoms with Crippen LogP contribution in [0.3, 0.4) is 0 Å². The SMILES string of the molecule is CCCCC(F)(F)C(F)(F)C(F)(F)C(F)(F)Cl. The first-order valence-electron chi connectivity index (χ1n) is 4.51. The predicted molar refractivity (Wildman–Crippen MR) is 45.2 cm³/mol. The molecular formula is C8H9ClF8. The van der Waals surface area contributed by atoms with Crippen molar-refractivity contribution in [2.24, 2.45) is 0 Å². The standard InChI is InChI=1S/C8H9ClF8/c1-2-3-4-5(10,11)6(12,13)7(14,15)8(9,16)17/h2-4H2,1H3. The minimum Gasteiger partial charge on any atom is -0.200 e. The van der Waals surface area contributed by atoms with E-state index in [0.717, 1.165) is 0 Å². The highest BCUT2D eigenvalue weighted by atomic mass is 35.5. The number of alkyl halides is 9. The fourth-order valence-corrected chi connectivity index (χ4v) is 1.08. The molecule has 0 nitrogen and oxygen atoms in total. The van der Waals surface area contributed by atoms with Crippen LogP contribution in [0.2, 0.25) is 0 Å². The van der Waals surface area contributed by atoms with E-state index < -0.39 is 36.0 Å². The molecule has 0 N–H and O–H groups in total. The smallest absolute Gasteiger partial charge is 0.200 e. The van der Waals surface area contributed by atoms with Crippen molar-refractivity contribution >= 4 is 11.6 Å². The summed E-state index contributed by atoms with van der Waals surface area (Å²) in [4.78, 5) is 0. The Balaban J connectivity index is 5.24. The van der Waals surface area contributed by atoms with Crippen LogP contribution in [0.1, 0.15) is 26.2 Å². The fourth-order valence-electron chi connectivity index (χ4n) is 0.963. The van der Waals surface area contributed by atoms with Gasteiger partial charge in [-0.15, -0.1) is 0 Å². The quantitative estimate of drug-likeness (QED) is 0.482. The molecule has 0 aromatic rings. The second-order valence-electron chi connectivity index (χ2n) is 3.45. The normalized spacial score (nSPS) is 15.2. The molecule has 104 valence electrons. The van der Waals surface area contributed by atoms with Gasteiger partial charge in [0.2, 0.25) is 0 Å². The van der Waals surface area contributed by atoms with E-state index in [1.54, 1.807) is 0 Å². The topological polar surface area (TPSA) is 0 Å². The minimum atomic E-state index is -6.33. The van der Waals surface area contributed by atoms with Crippen LogP contribution >= 0.6 is 11.6 Å². The van der Waals surface area contributed by atoms with E-state index >= 15 is 0 Å². The van der Waals surface area contributed by atoms with Gasteiger partial charge in [0.15, 0.2) is 0 Å². The summed E-state index contributed by atoms with van der Waals surface area (Å²) in [6.45, 7) is 1.35. The second-order valence-corrected chi connectivity index (χ2v) is 3.93. The van der Waals surface area contributed by atoms with Crippen molar-refractivity contribution in [2.45, 2.75) is 49.3 Å². The molecule has 0 bridgehead atoms. The summed E-state index contributed by atoms with van der Waals surface area (Å²) in [6.07, 6.45) is -2.11. The average Bonchev–Trinajstić information content (AvgIpc) is 2.12. The van der Waals surface area contributed by atoms with Crippen molar-refractivity contribution in [3.8, 4) is 0 Å². The molecule has 0 aliphatic heterocycles. The Kier molecular flexibility index (Phi) is 4.70. The largest absolute Gasteiger partial charge is 0.392 e. The van der Waals surface area contributed by atoms with E-state index in [1.807, 2.05) is 0 Å². The lowest BCUT2D eigenvalue weighted by Gasteiger charge is -2.34. The molecule has 0 fully saturated rings. The third kappa shape index (κ3) is 2.95. The molecule has 17 heavy (non-hydrogen) atoms. The number of hydrogen-bond donors (Lipinski definition) is 0. The van der Waals surface area contributed by atoms with Gasteiger partial charge in [-0.3, -0.25) is 0 Å². The van der Waals surface area contributed by atoms with Crippen LogP contribution in [0.4, 0.5) is 35.1 Å². The van der Waals surface area contributed by atoms with E-state index in [2.05, 4.69) is 11.6 Å². The van der Waals surface area contributed by atoms with Crippen LogP contribution in [-0.2, 0) is 0 Å². The maximum absolute atomic E-state index is 12.8. The lowest BCUT2D eigenvalue weighted by Crippen LogP contribution is -2.60. The zero-order valence-corrected chi connectivity index (χ0v) is 9.28. The Morgan fingerprint density at radius 1 is 0.824 bits per heavy atom. The summed E-state index contributed by atoms with van der Waals surface area (Å²) in [5.74, 6) is -17.8. The third-order valence-corrected chi connectivity index (χ3v) is 2.29. The van der Waals surface area contributed by atoms with Gasteiger partial charge in [0.25, 0.3) is 0 Å². The lowest BCUT2D eigenvalue weighted by molar-refractivity contribution is -0.349. The van der Waals surface area contributed by atoms with E-state index in [4.69, 9.17) is 0 Å². The van der Waals surface area contributed by atoms with Crippen molar-refractivity contribution in [1.82, 2.24) is 0 Å². The third-order valence-electron chi connectivity index (χ3n) is 2.05. The van der Waals surface area contributed by atoms with Gasteiger partial charge in [0, 0.05) is 6.42 Å². The summed E-state index contributed by atoms with van der Waals surface area (Å²) in [6, 6.07) is 0. The monoisotopic (exact) mass is 292 g/mol. The van der Waals surface area contributed by atoms with Crippen molar-refractivity contribution in [3.63, 3.8) is 0 Å². The fraction of sp³-hybridized carbons (Fsp3) is 1.00. The molecular weight excluding hydrogens is 284 g/mol. The summed E-state index contributed by atoms with van der Waals surface area (Å²) in [5.41, 5.74) is 0. The molecule has 0 amide bonds. The number of unbranched alkanes of at least 4 members (excludes halogenated alkanes) is 1. The Bertz CT molecular complexity index is 257. The maximum Gasteiger partial charge on any atom is 0.392 e. The van der Waals surface area contributed by atoms with Crippen molar-refractivity contribution in [1.29, 1.82) is 0 Å². The van der Waals surface area contributed by atoms with Crippen LogP contribution in [0, 0.1) is 0 Å². The molecule has 0 saturated heterocycles. The highest BCUT2D eigenvalue weighted by Crippen LogP contribution is 2.55. The molecule has 0 unspecified atom stereocenters.